The lowest BCUT2D eigenvalue weighted by molar-refractivity contribution is -0.121. The number of amides is 2. The molecule has 0 saturated heterocycles. The highest BCUT2D eigenvalue weighted by atomic mass is 16.2. The van der Waals surface area contributed by atoms with Crippen LogP contribution in [0.3, 0.4) is 0 Å². The van der Waals surface area contributed by atoms with Crippen molar-refractivity contribution >= 4 is 28.4 Å². The van der Waals surface area contributed by atoms with Gasteiger partial charge in [-0.25, -0.2) is 0 Å². The Balaban J connectivity index is 1.60. The summed E-state index contributed by atoms with van der Waals surface area (Å²) in [6.07, 6.45) is 6.59. The van der Waals surface area contributed by atoms with Gasteiger partial charge in [0.05, 0.1) is 11.5 Å². The Kier molecular flexibility index (Phi) is 4.84. The molecule has 5 nitrogen and oxygen atoms in total. The summed E-state index contributed by atoms with van der Waals surface area (Å²) in [5.41, 5.74) is 2.91. The zero-order valence-electron chi connectivity index (χ0n) is 18.2. The third kappa shape index (κ3) is 3.06. The zero-order valence-corrected chi connectivity index (χ0v) is 18.2. The van der Waals surface area contributed by atoms with Crippen molar-refractivity contribution in [2.75, 3.05) is 5.32 Å². The quantitative estimate of drug-likeness (QED) is 0.594. The van der Waals surface area contributed by atoms with Crippen LogP contribution in [0.15, 0.2) is 54.7 Å². The molecular weight excluding hydrogens is 386 g/mol. The predicted molar refractivity (Wildman–Crippen MR) is 123 cm³/mol. The van der Waals surface area contributed by atoms with Crippen LogP contribution in [0.2, 0.25) is 0 Å². The Hall–Kier alpha value is -3.08. The van der Waals surface area contributed by atoms with Crippen molar-refractivity contribution in [2.24, 2.45) is 0 Å². The van der Waals surface area contributed by atoms with Gasteiger partial charge in [-0.2, -0.15) is 0 Å². The minimum atomic E-state index is -0.455. The Labute approximate surface area is 182 Å². The number of carbonyl (C=O) groups is 2. The van der Waals surface area contributed by atoms with E-state index >= 15 is 0 Å². The fourth-order valence-electron chi connectivity index (χ4n) is 5.77. The van der Waals surface area contributed by atoms with Crippen molar-refractivity contribution in [1.29, 1.82) is 0 Å². The maximum atomic E-state index is 13.9. The van der Waals surface area contributed by atoms with Crippen molar-refractivity contribution in [3.8, 4) is 0 Å². The standard InChI is InChI=1S/C26H29N3O2/c1-3-17(2)29-25(31)21-9-5-4-8-20(21)23(26(29)13-6-7-14-26)24(30)28-19-10-11-22-18(16-19)12-15-27-22/h4-5,8-12,15-17,23,27H,3,6-7,13-14H2,1-2H3,(H,28,30)/t17-,23+/m0/s1. The summed E-state index contributed by atoms with van der Waals surface area (Å²) in [7, 11) is 0. The van der Waals surface area contributed by atoms with Gasteiger partial charge in [-0.1, -0.05) is 38.0 Å². The van der Waals surface area contributed by atoms with Crippen LogP contribution in [0.1, 0.15) is 67.8 Å². The lowest BCUT2D eigenvalue weighted by atomic mass is 9.70. The van der Waals surface area contributed by atoms with E-state index in [1.54, 1.807) is 0 Å². The van der Waals surface area contributed by atoms with Gasteiger partial charge in [0.1, 0.15) is 0 Å². The number of fused-ring (bicyclic) bond motifs is 2. The van der Waals surface area contributed by atoms with Crippen molar-refractivity contribution in [1.82, 2.24) is 9.88 Å². The fraction of sp³-hybridized carbons (Fsp3) is 0.385. The minimum Gasteiger partial charge on any atom is -0.361 e. The maximum absolute atomic E-state index is 13.9. The Bertz CT molecular complexity index is 1140. The first-order valence-electron chi connectivity index (χ1n) is 11.4. The molecule has 5 heteroatoms. The fourth-order valence-corrected chi connectivity index (χ4v) is 5.77. The molecule has 0 bridgehead atoms. The predicted octanol–water partition coefficient (Wildman–Crippen LogP) is 5.46. The highest BCUT2D eigenvalue weighted by Crippen LogP contribution is 2.51. The van der Waals surface area contributed by atoms with E-state index in [-0.39, 0.29) is 23.8 Å². The minimum absolute atomic E-state index is 0.0231. The topological polar surface area (TPSA) is 65.2 Å². The van der Waals surface area contributed by atoms with Gasteiger partial charge >= 0.3 is 0 Å². The number of nitrogens with one attached hydrogen (secondary N) is 2. The van der Waals surface area contributed by atoms with Crippen LogP contribution in [0.25, 0.3) is 10.9 Å². The molecule has 1 fully saturated rings. The molecule has 2 atom stereocenters. The van der Waals surface area contributed by atoms with Crippen molar-refractivity contribution in [3.63, 3.8) is 0 Å². The summed E-state index contributed by atoms with van der Waals surface area (Å²) in [4.78, 5) is 32.7. The number of hydrogen-bond acceptors (Lipinski definition) is 2. The van der Waals surface area contributed by atoms with E-state index in [0.29, 0.717) is 5.56 Å². The number of aromatic amines is 1. The molecule has 31 heavy (non-hydrogen) atoms. The normalized spacial score (nSPS) is 20.8. The van der Waals surface area contributed by atoms with Gasteiger partial charge in [0, 0.05) is 34.4 Å². The molecule has 2 N–H and O–H groups in total. The lowest BCUT2D eigenvalue weighted by Crippen LogP contribution is -2.62. The smallest absolute Gasteiger partial charge is 0.254 e. The summed E-state index contributed by atoms with van der Waals surface area (Å²) >= 11 is 0. The van der Waals surface area contributed by atoms with Gasteiger partial charge < -0.3 is 15.2 Å². The molecule has 2 heterocycles. The number of rotatable bonds is 4. The summed E-state index contributed by atoms with van der Waals surface area (Å²) in [6, 6.07) is 15.7. The van der Waals surface area contributed by atoms with Crippen LogP contribution in [-0.2, 0) is 4.79 Å². The molecule has 1 spiro atoms. The number of aromatic nitrogens is 1. The summed E-state index contributed by atoms with van der Waals surface area (Å²) in [5, 5.41) is 4.25. The second-order valence-corrected chi connectivity index (χ2v) is 9.03. The van der Waals surface area contributed by atoms with Crippen LogP contribution in [0, 0.1) is 0 Å². The van der Waals surface area contributed by atoms with E-state index in [2.05, 4.69) is 29.0 Å². The highest BCUT2D eigenvalue weighted by Gasteiger charge is 2.56. The van der Waals surface area contributed by atoms with Crippen LogP contribution >= 0.6 is 0 Å². The molecule has 2 aliphatic rings. The third-order valence-electron chi connectivity index (χ3n) is 7.32. The molecule has 1 saturated carbocycles. The zero-order chi connectivity index (χ0) is 21.6. The van der Waals surface area contributed by atoms with Gasteiger partial charge in [0.2, 0.25) is 5.91 Å². The first-order valence-corrected chi connectivity index (χ1v) is 11.4. The first-order chi connectivity index (χ1) is 15.0. The number of hydrogen-bond donors (Lipinski definition) is 2. The average Bonchev–Trinajstić information content (AvgIpc) is 3.43. The first kappa shape index (κ1) is 19.9. The van der Waals surface area contributed by atoms with Gasteiger partial charge in [-0.3, -0.25) is 9.59 Å². The van der Waals surface area contributed by atoms with Crippen molar-refractivity contribution in [2.45, 2.75) is 63.5 Å². The summed E-state index contributed by atoms with van der Waals surface area (Å²) < 4.78 is 0. The van der Waals surface area contributed by atoms with E-state index in [1.807, 2.05) is 54.7 Å². The van der Waals surface area contributed by atoms with E-state index in [1.165, 1.54) is 0 Å². The number of carbonyl (C=O) groups excluding carboxylic acids is 2. The Morgan fingerprint density at radius 3 is 2.74 bits per heavy atom. The second-order valence-electron chi connectivity index (χ2n) is 9.03. The van der Waals surface area contributed by atoms with Crippen LogP contribution < -0.4 is 5.32 Å². The monoisotopic (exact) mass is 415 g/mol. The Morgan fingerprint density at radius 2 is 1.97 bits per heavy atom. The summed E-state index contributed by atoms with van der Waals surface area (Å²) in [5.74, 6) is -0.325. The van der Waals surface area contributed by atoms with Crippen LogP contribution in [0.4, 0.5) is 5.69 Å². The number of benzene rings is 2. The molecule has 2 aromatic carbocycles. The second kappa shape index (κ2) is 7.56. The number of anilines is 1. The molecular formula is C26H29N3O2. The largest absolute Gasteiger partial charge is 0.361 e. The molecule has 3 aromatic rings. The number of H-pyrrole nitrogens is 1. The van der Waals surface area contributed by atoms with Gasteiger partial charge in [0.15, 0.2) is 0 Å². The van der Waals surface area contributed by atoms with E-state index in [4.69, 9.17) is 0 Å². The van der Waals surface area contributed by atoms with E-state index < -0.39 is 5.54 Å². The van der Waals surface area contributed by atoms with Crippen molar-refractivity contribution in [3.05, 3.63) is 65.9 Å². The molecule has 0 radical (unpaired) electrons. The highest BCUT2D eigenvalue weighted by molar-refractivity contribution is 6.05. The molecule has 1 aliphatic carbocycles. The molecule has 5 rings (SSSR count). The van der Waals surface area contributed by atoms with E-state index in [0.717, 1.165) is 54.3 Å². The average molecular weight is 416 g/mol. The van der Waals surface area contributed by atoms with Gasteiger partial charge in [0.25, 0.3) is 5.91 Å². The Morgan fingerprint density at radius 1 is 1.19 bits per heavy atom. The lowest BCUT2D eigenvalue weighted by Gasteiger charge is -2.52. The molecule has 0 unspecified atom stereocenters. The van der Waals surface area contributed by atoms with Crippen LogP contribution in [-0.4, -0.2) is 33.3 Å². The van der Waals surface area contributed by atoms with E-state index in [9.17, 15) is 9.59 Å². The van der Waals surface area contributed by atoms with Crippen molar-refractivity contribution < 1.29 is 9.59 Å². The molecule has 2 amide bonds. The molecule has 1 aromatic heterocycles. The SMILES string of the molecule is CC[C@H](C)N1C(=O)c2ccccc2[C@H](C(=O)Nc2ccc3[nH]ccc3c2)C12CCCC2. The maximum Gasteiger partial charge on any atom is 0.254 e. The molecule has 1 aliphatic heterocycles. The molecule has 160 valence electrons. The number of nitrogens with zero attached hydrogens (tertiary/aromatic N) is 1. The summed E-state index contributed by atoms with van der Waals surface area (Å²) in [6.45, 7) is 4.23. The van der Waals surface area contributed by atoms with Gasteiger partial charge in [-0.05, 0) is 62.1 Å². The van der Waals surface area contributed by atoms with Gasteiger partial charge in [-0.15, -0.1) is 0 Å². The van der Waals surface area contributed by atoms with Crippen LogP contribution in [0.5, 0.6) is 0 Å². The third-order valence-corrected chi connectivity index (χ3v) is 7.32.